The lowest BCUT2D eigenvalue weighted by Gasteiger charge is -2.15. The van der Waals surface area contributed by atoms with Crippen molar-refractivity contribution in [2.75, 3.05) is 6.54 Å². The van der Waals surface area contributed by atoms with Crippen LogP contribution in [0.3, 0.4) is 0 Å². The molecule has 18 heavy (non-hydrogen) atoms. The fourth-order valence-corrected chi connectivity index (χ4v) is 2.48. The SMILES string of the molecule is CC(C)CCCN1Cc2ccc(C(=O)O)cc2C1. The highest BCUT2D eigenvalue weighted by Crippen LogP contribution is 2.24. The number of fused-ring (bicyclic) bond motifs is 1. The standard InChI is InChI=1S/C15H21NO2/c1-11(2)4-3-7-16-9-13-6-5-12(15(17)18)8-14(13)10-16/h5-6,8,11H,3-4,7,9-10H2,1-2H3,(H,17,18). The van der Waals surface area contributed by atoms with Crippen LogP contribution >= 0.6 is 0 Å². The molecule has 2 rings (SSSR count). The quantitative estimate of drug-likeness (QED) is 0.869. The van der Waals surface area contributed by atoms with E-state index in [1.54, 1.807) is 6.07 Å². The molecular formula is C15H21NO2. The third kappa shape index (κ3) is 3.10. The summed E-state index contributed by atoms with van der Waals surface area (Å²) in [5.74, 6) is -0.0790. The van der Waals surface area contributed by atoms with Crippen molar-refractivity contribution in [3.05, 3.63) is 34.9 Å². The van der Waals surface area contributed by atoms with Crippen LogP contribution in [0.1, 0.15) is 48.2 Å². The molecule has 0 fully saturated rings. The summed E-state index contributed by atoms with van der Waals surface area (Å²) in [7, 11) is 0. The molecule has 3 heteroatoms. The molecule has 0 saturated heterocycles. The number of carbonyl (C=O) groups is 1. The molecule has 1 aromatic rings. The van der Waals surface area contributed by atoms with Gasteiger partial charge in [-0.3, -0.25) is 4.90 Å². The minimum Gasteiger partial charge on any atom is -0.478 e. The Bertz CT molecular complexity index is 440. The minimum absolute atomic E-state index is 0.401. The van der Waals surface area contributed by atoms with Crippen molar-refractivity contribution in [1.82, 2.24) is 4.90 Å². The normalized spacial score (nSPS) is 15.1. The van der Waals surface area contributed by atoms with Crippen molar-refractivity contribution >= 4 is 5.97 Å². The maximum Gasteiger partial charge on any atom is 0.335 e. The Kier molecular flexibility index (Phi) is 4.02. The van der Waals surface area contributed by atoms with Crippen LogP contribution in [0, 0.1) is 5.92 Å². The molecule has 0 amide bonds. The van der Waals surface area contributed by atoms with Gasteiger partial charge < -0.3 is 5.11 Å². The number of nitrogens with zero attached hydrogens (tertiary/aromatic N) is 1. The van der Waals surface area contributed by atoms with Gasteiger partial charge in [0.2, 0.25) is 0 Å². The van der Waals surface area contributed by atoms with E-state index in [-0.39, 0.29) is 0 Å². The van der Waals surface area contributed by atoms with Crippen LogP contribution in [0.25, 0.3) is 0 Å². The van der Waals surface area contributed by atoms with Gasteiger partial charge >= 0.3 is 5.97 Å². The molecule has 0 atom stereocenters. The van der Waals surface area contributed by atoms with E-state index in [1.165, 1.54) is 24.0 Å². The monoisotopic (exact) mass is 247 g/mol. The summed E-state index contributed by atoms with van der Waals surface area (Å²) in [4.78, 5) is 13.3. The van der Waals surface area contributed by atoms with Crippen LogP contribution in [-0.2, 0) is 13.1 Å². The van der Waals surface area contributed by atoms with Crippen molar-refractivity contribution in [3.8, 4) is 0 Å². The maximum absolute atomic E-state index is 10.9. The number of rotatable bonds is 5. The third-order valence-electron chi connectivity index (χ3n) is 3.50. The van der Waals surface area contributed by atoms with Gasteiger partial charge in [-0.15, -0.1) is 0 Å². The van der Waals surface area contributed by atoms with Gasteiger partial charge in [-0.1, -0.05) is 19.9 Å². The third-order valence-corrected chi connectivity index (χ3v) is 3.50. The summed E-state index contributed by atoms with van der Waals surface area (Å²) < 4.78 is 0. The Morgan fingerprint density at radius 3 is 2.72 bits per heavy atom. The van der Waals surface area contributed by atoms with E-state index in [0.717, 1.165) is 25.6 Å². The molecule has 0 unspecified atom stereocenters. The van der Waals surface area contributed by atoms with Crippen LogP contribution in [0.15, 0.2) is 18.2 Å². The first-order valence-corrected chi connectivity index (χ1v) is 6.63. The summed E-state index contributed by atoms with van der Waals surface area (Å²) in [5, 5.41) is 8.97. The van der Waals surface area contributed by atoms with Crippen LogP contribution in [0.5, 0.6) is 0 Å². The smallest absolute Gasteiger partial charge is 0.335 e. The number of carboxylic acid groups (broad SMARTS) is 1. The van der Waals surface area contributed by atoms with Gasteiger partial charge in [0.1, 0.15) is 0 Å². The molecule has 0 aliphatic carbocycles. The van der Waals surface area contributed by atoms with E-state index < -0.39 is 5.97 Å². The van der Waals surface area contributed by atoms with E-state index in [0.29, 0.717) is 5.56 Å². The Balaban J connectivity index is 1.93. The zero-order chi connectivity index (χ0) is 13.1. The van der Waals surface area contributed by atoms with Crippen LogP contribution in [-0.4, -0.2) is 22.5 Å². The molecule has 1 heterocycles. The molecule has 1 aliphatic rings. The van der Waals surface area contributed by atoms with Crippen molar-refractivity contribution in [1.29, 1.82) is 0 Å². The predicted octanol–water partition coefficient (Wildman–Crippen LogP) is 3.14. The first kappa shape index (κ1) is 13.1. The number of hydrogen-bond donors (Lipinski definition) is 1. The Morgan fingerprint density at radius 2 is 2.06 bits per heavy atom. The highest BCUT2D eigenvalue weighted by Gasteiger charge is 2.19. The molecule has 1 aromatic carbocycles. The van der Waals surface area contributed by atoms with Crippen molar-refractivity contribution in [2.45, 2.75) is 39.8 Å². The van der Waals surface area contributed by atoms with E-state index in [2.05, 4.69) is 18.7 Å². The van der Waals surface area contributed by atoms with Gasteiger partial charge in [0.05, 0.1) is 5.56 Å². The largest absolute Gasteiger partial charge is 0.478 e. The molecule has 0 spiro atoms. The van der Waals surface area contributed by atoms with E-state index >= 15 is 0 Å². The summed E-state index contributed by atoms with van der Waals surface area (Å²) in [6.45, 7) is 7.47. The summed E-state index contributed by atoms with van der Waals surface area (Å²) >= 11 is 0. The van der Waals surface area contributed by atoms with Crippen molar-refractivity contribution < 1.29 is 9.90 Å². The zero-order valence-corrected chi connectivity index (χ0v) is 11.1. The van der Waals surface area contributed by atoms with Crippen LogP contribution < -0.4 is 0 Å². The van der Waals surface area contributed by atoms with Gasteiger partial charge in [-0.05, 0) is 48.6 Å². The summed E-state index contributed by atoms with van der Waals surface area (Å²) in [6, 6.07) is 5.49. The fourth-order valence-electron chi connectivity index (χ4n) is 2.48. The maximum atomic E-state index is 10.9. The highest BCUT2D eigenvalue weighted by molar-refractivity contribution is 5.87. The lowest BCUT2D eigenvalue weighted by Crippen LogP contribution is -2.18. The molecule has 0 saturated carbocycles. The first-order valence-electron chi connectivity index (χ1n) is 6.63. The van der Waals surface area contributed by atoms with Gasteiger partial charge in [-0.2, -0.15) is 0 Å². The molecule has 1 N–H and O–H groups in total. The summed E-state index contributed by atoms with van der Waals surface area (Å²) in [5.41, 5.74) is 2.86. The predicted molar refractivity (Wildman–Crippen MR) is 71.6 cm³/mol. The molecule has 98 valence electrons. The lowest BCUT2D eigenvalue weighted by molar-refractivity contribution is 0.0696. The molecule has 3 nitrogen and oxygen atoms in total. The average Bonchev–Trinajstić information content (AvgIpc) is 2.69. The topological polar surface area (TPSA) is 40.5 Å². The van der Waals surface area contributed by atoms with Crippen molar-refractivity contribution in [2.24, 2.45) is 5.92 Å². The Hall–Kier alpha value is -1.35. The Morgan fingerprint density at radius 1 is 1.33 bits per heavy atom. The first-order chi connectivity index (χ1) is 8.56. The van der Waals surface area contributed by atoms with E-state index in [1.807, 2.05) is 12.1 Å². The molecular weight excluding hydrogens is 226 g/mol. The number of aromatic carboxylic acids is 1. The average molecular weight is 247 g/mol. The van der Waals surface area contributed by atoms with Crippen molar-refractivity contribution in [3.63, 3.8) is 0 Å². The van der Waals surface area contributed by atoms with Crippen LogP contribution in [0.4, 0.5) is 0 Å². The molecule has 1 aliphatic heterocycles. The number of hydrogen-bond acceptors (Lipinski definition) is 2. The molecule has 0 bridgehead atoms. The van der Waals surface area contributed by atoms with Gasteiger partial charge in [0.25, 0.3) is 0 Å². The Labute approximate surface area is 108 Å². The van der Waals surface area contributed by atoms with Gasteiger partial charge in [-0.25, -0.2) is 4.79 Å². The van der Waals surface area contributed by atoms with E-state index in [4.69, 9.17) is 5.11 Å². The molecule has 0 radical (unpaired) electrons. The van der Waals surface area contributed by atoms with E-state index in [9.17, 15) is 4.79 Å². The second-order valence-corrected chi connectivity index (χ2v) is 5.54. The second-order valence-electron chi connectivity index (χ2n) is 5.54. The molecule has 0 aromatic heterocycles. The minimum atomic E-state index is -0.837. The number of carboxylic acids is 1. The summed E-state index contributed by atoms with van der Waals surface area (Å²) in [6.07, 6.45) is 2.48. The highest BCUT2D eigenvalue weighted by atomic mass is 16.4. The van der Waals surface area contributed by atoms with Gasteiger partial charge in [0.15, 0.2) is 0 Å². The van der Waals surface area contributed by atoms with Gasteiger partial charge in [0, 0.05) is 13.1 Å². The lowest BCUT2D eigenvalue weighted by atomic mass is 10.1. The second kappa shape index (κ2) is 5.53. The fraction of sp³-hybridized carbons (Fsp3) is 0.533. The zero-order valence-electron chi connectivity index (χ0n) is 11.1. The number of benzene rings is 1. The van der Waals surface area contributed by atoms with Crippen LogP contribution in [0.2, 0.25) is 0 Å².